The van der Waals surface area contributed by atoms with E-state index in [1.165, 1.54) is 31.0 Å². The molecule has 0 aromatic rings. The summed E-state index contributed by atoms with van der Waals surface area (Å²) in [6.07, 6.45) is 4.32. The van der Waals surface area contributed by atoms with E-state index in [1.54, 1.807) is 0 Å². The molecule has 0 aromatic carbocycles. The van der Waals surface area contributed by atoms with Crippen molar-refractivity contribution in [2.45, 2.75) is 46.1 Å². The lowest BCUT2D eigenvalue weighted by Crippen LogP contribution is -2.37. The molecule has 2 aliphatic carbocycles. The van der Waals surface area contributed by atoms with Gasteiger partial charge in [0.25, 0.3) is 0 Å². The number of ether oxygens (including phenoxy) is 1. The van der Waals surface area contributed by atoms with Crippen LogP contribution < -0.4 is 0 Å². The highest BCUT2D eigenvalue weighted by Crippen LogP contribution is 2.66. The van der Waals surface area contributed by atoms with Gasteiger partial charge in [-0.05, 0) is 47.8 Å². The fraction of sp³-hybridized carbons (Fsp3) is 0.923. The van der Waals surface area contributed by atoms with E-state index in [0.717, 1.165) is 18.3 Å². The van der Waals surface area contributed by atoms with Crippen LogP contribution >= 0.6 is 11.8 Å². The van der Waals surface area contributed by atoms with Gasteiger partial charge in [0.1, 0.15) is 5.40 Å². The largest absolute Gasteiger partial charge is 0.377 e. The molecule has 0 aliphatic heterocycles. The summed E-state index contributed by atoms with van der Waals surface area (Å²) >= 11 is 1.29. The van der Waals surface area contributed by atoms with Gasteiger partial charge in [-0.2, -0.15) is 5.26 Å². The molecule has 0 saturated heterocycles. The molecule has 3 atom stereocenters. The molecule has 0 heterocycles. The second kappa shape index (κ2) is 4.23. The monoisotopic (exact) mass is 239 g/mol. The van der Waals surface area contributed by atoms with Crippen molar-refractivity contribution in [2.24, 2.45) is 16.7 Å². The third-order valence-corrected chi connectivity index (χ3v) is 5.78. The number of thioether (sulfide) groups is 1. The Bertz CT molecular complexity index is 310. The van der Waals surface area contributed by atoms with Gasteiger partial charge in [0, 0.05) is 5.75 Å². The van der Waals surface area contributed by atoms with Crippen molar-refractivity contribution >= 4 is 11.8 Å². The Morgan fingerprint density at radius 1 is 1.44 bits per heavy atom. The fourth-order valence-electron chi connectivity index (χ4n) is 3.66. The highest BCUT2D eigenvalue weighted by molar-refractivity contribution is 8.03. The minimum Gasteiger partial charge on any atom is -0.377 e. The lowest BCUT2D eigenvalue weighted by Gasteiger charge is -2.38. The second-order valence-electron chi connectivity index (χ2n) is 5.91. The molecule has 2 fully saturated rings. The Kier molecular flexibility index (Phi) is 3.25. The summed E-state index contributed by atoms with van der Waals surface area (Å²) < 4.78 is 6.01. The first-order valence-electron chi connectivity index (χ1n) is 6.15. The highest BCUT2D eigenvalue weighted by atomic mass is 32.2. The van der Waals surface area contributed by atoms with Crippen molar-refractivity contribution < 1.29 is 4.74 Å². The van der Waals surface area contributed by atoms with Gasteiger partial charge < -0.3 is 4.74 Å². The maximum Gasteiger partial charge on any atom is 0.133 e. The molecule has 2 nitrogen and oxygen atoms in total. The number of thiocyanates is 1. The molecule has 0 aromatic heterocycles. The van der Waals surface area contributed by atoms with Crippen molar-refractivity contribution in [2.75, 3.05) is 12.4 Å². The molecule has 0 unspecified atom stereocenters. The molecule has 0 amide bonds. The Labute approximate surface area is 103 Å². The van der Waals surface area contributed by atoms with Gasteiger partial charge in [-0.25, -0.2) is 0 Å². The normalized spacial score (nSPS) is 39.9. The first-order chi connectivity index (χ1) is 7.52. The average molecular weight is 239 g/mol. The zero-order valence-corrected chi connectivity index (χ0v) is 11.3. The minimum atomic E-state index is 0.356. The number of fused-ring (bicyclic) bond motifs is 2. The van der Waals surface area contributed by atoms with Gasteiger partial charge in [0.2, 0.25) is 0 Å². The summed E-state index contributed by atoms with van der Waals surface area (Å²) in [6.45, 7) is 7.92. The molecular formula is C13H21NOS. The van der Waals surface area contributed by atoms with Crippen LogP contribution in [0, 0.1) is 27.4 Å². The Morgan fingerprint density at radius 2 is 2.19 bits per heavy atom. The second-order valence-corrected chi connectivity index (χ2v) is 6.79. The molecule has 16 heavy (non-hydrogen) atoms. The predicted molar refractivity (Wildman–Crippen MR) is 67.0 cm³/mol. The van der Waals surface area contributed by atoms with Crippen LogP contribution in [0.15, 0.2) is 0 Å². The van der Waals surface area contributed by atoms with Gasteiger partial charge in [-0.15, -0.1) is 0 Å². The smallest absolute Gasteiger partial charge is 0.133 e. The topological polar surface area (TPSA) is 33.0 Å². The lowest BCUT2D eigenvalue weighted by molar-refractivity contribution is -0.0402. The van der Waals surface area contributed by atoms with Gasteiger partial charge in [-0.3, -0.25) is 0 Å². The van der Waals surface area contributed by atoms with E-state index in [1.807, 2.05) is 0 Å². The van der Waals surface area contributed by atoms with Crippen molar-refractivity contribution in [3.63, 3.8) is 0 Å². The SMILES string of the molecule is CC1(C)[C@H]2CC[C@]1(C)[C@H](OCCSC#N)C2. The van der Waals surface area contributed by atoms with E-state index in [4.69, 9.17) is 10.00 Å². The summed E-state index contributed by atoms with van der Waals surface area (Å²) in [4.78, 5) is 0. The Balaban J connectivity index is 1.92. The highest BCUT2D eigenvalue weighted by Gasteiger charge is 2.61. The molecule has 2 aliphatic rings. The standard InChI is InChI=1S/C13H21NOS/c1-12(2)10-4-5-13(12,3)11(8-10)15-6-7-16-9-14/h10-11H,4-8H2,1-3H3/t10-,11+,13+/m0/s1. The predicted octanol–water partition coefficient (Wildman–Crippen LogP) is 3.43. The van der Waals surface area contributed by atoms with Crippen LogP contribution in [0.3, 0.4) is 0 Å². The number of rotatable bonds is 4. The number of hydrogen-bond donors (Lipinski definition) is 0. The maximum absolute atomic E-state index is 8.45. The van der Waals surface area contributed by atoms with Gasteiger partial charge in [0.05, 0.1) is 12.7 Å². The van der Waals surface area contributed by atoms with Crippen LogP contribution in [0.4, 0.5) is 0 Å². The van der Waals surface area contributed by atoms with E-state index >= 15 is 0 Å². The fourth-order valence-corrected chi connectivity index (χ4v) is 3.93. The minimum absolute atomic E-state index is 0.356. The molecule has 2 saturated carbocycles. The Hall–Kier alpha value is -0.200. The average Bonchev–Trinajstić information content (AvgIpc) is 2.57. The van der Waals surface area contributed by atoms with Crippen LogP contribution in [-0.2, 0) is 4.74 Å². The van der Waals surface area contributed by atoms with E-state index in [-0.39, 0.29) is 0 Å². The first-order valence-corrected chi connectivity index (χ1v) is 7.13. The van der Waals surface area contributed by atoms with Crippen molar-refractivity contribution in [1.29, 1.82) is 5.26 Å². The van der Waals surface area contributed by atoms with E-state index in [2.05, 4.69) is 26.2 Å². The molecule has 2 bridgehead atoms. The summed E-state index contributed by atoms with van der Waals surface area (Å²) in [6, 6.07) is 0. The zero-order chi connectivity index (χ0) is 11.8. The molecular weight excluding hydrogens is 218 g/mol. The number of hydrogen-bond acceptors (Lipinski definition) is 3. The number of nitriles is 1. The van der Waals surface area contributed by atoms with Crippen LogP contribution in [0.25, 0.3) is 0 Å². The molecule has 90 valence electrons. The van der Waals surface area contributed by atoms with Gasteiger partial charge >= 0.3 is 0 Å². The third kappa shape index (κ3) is 1.67. The maximum atomic E-state index is 8.45. The Morgan fingerprint density at radius 3 is 2.69 bits per heavy atom. The van der Waals surface area contributed by atoms with Crippen LogP contribution in [0.5, 0.6) is 0 Å². The summed E-state index contributed by atoms with van der Waals surface area (Å²) in [7, 11) is 0. The lowest BCUT2D eigenvalue weighted by atomic mass is 9.70. The molecule has 0 spiro atoms. The quantitative estimate of drug-likeness (QED) is 0.556. The van der Waals surface area contributed by atoms with Crippen molar-refractivity contribution in [1.82, 2.24) is 0 Å². The first kappa shape index (κ1) is 12.3. The molecule has 0 N–H and O–H groups in total. The molecule has 0 radical (unpaired) electrons. The summed E-state index contributed by atoms with van der Waals surface area (Å²) in [5.41, 5.74) is 0.787. The van der Waals surface area contributed by atoms with Crippen LogP contribution in [0.1, 0.15) is 40.0 Å². The van der Waals surface area contributed by atoms with Crippen molar-refractivity contribution in [3.8, 4) is 5.40 Å². The molecule has 3 heteroatoms. The number of nitrogens with zero attached hydrogens (tertiary/aromatic N) is 1. The molecule has 2 rings (SSSR count). The van der Waals surface area contributed by atoms with E-state index in [9.17, 15) is 0 Å². The van der Waals surface area contributed by atoms with Crippen molar-refractivity contribution in [3.05, 3.63) is 0 Å². The van der Waals surface area contributed by atoms with Gasteiger partial charge in [0.15, 0.2) is 0 Å². The van der Waals surface area contributed by atoms with Crippen LogP contribution in [0.2, 0.25) is 0 Å². The van der Waals surface area contributed by atoms with Gasteiger partial charge in [-0.1, -0.05) is 20.8 Å². The summed E-state index contributed by atoms with van der Waals surface area (Å²) in [5.74, 6) is 1.64. The van der Waals surface area contributed by atoms with E-state index in [0.29, 0.717) is 16.9 Å². The van der Waals surface area contributed by atoms with E-state index < -0.39 is 0 Å². The van der Waals surface area contributed by atoms with Crippen LogP contribution in [-0.4, -0.2) is 18.5 Å². The zero-order valence-electron chi connectivity index (χ0n) is 10.5. The third-order valence-electron chi connectivity index (χ3n) is 5.28. The summed E-state index contributed by atoms with van der Waals surface area (Å²) in [5, 5.41) is 10.5.